The number of hydrogen-bond acceptors (Lipinski definition) is 5. The van der Waals surface area contributed by atoms with Crippen molar-refractivity contribution < 1.29 is 18.0 Å². The van der Waals surface area contributed by atoms with Gasteiger partial charge in [-0.25, -0.2) is 8.42 Å². The summed E-state index contributed by atoms with van der Waals surface area (Å²) in [6.07, 6.45) is 0. The molecule has 0 spiro atoms. The van der Waals surface area contributed by atoms with Gasteiger partial charge >= 0.3 is 0 Å². The highest BCUT2D eigenvalue weighted by Gasteiger charge is 2.27. The second-order valence-corrected chi connectivity index (χ2v) is 7.00. The van der Waals surface area contributed by atoms with Crippen LogP contribution in [0.25, 0.3) is 0 Å². The fourth-order valence-corrected chi connectivity index (χ4v) is 3.93. The van der Waals surface area contributed by atoms with Gasteiger partial charge in [-0.3, -0.25) is 4.84 Å². The molecule has 108 valence electrons. The van der Waals surface area contributed by atoms with Gasteiger partial charge in [0.05, 0.1) is 13.7 Å². The van der Waals surface area contributed by atoms with E-state index in [-0.39, 0.29) is 10.8 Å². The number of benzene rings is 1. The monoisotopic (exact) mass is 313 g/mol. The SMILES string of the molecule is COc1ccsc1S(=O)(=O)N(C)OCc1ccccc1. The van der Waals surface area contributed by atoms with E-state index in [2.05, 4.69) is 0 Å². The lowest BCUT2D eigenvalue weighted by molar-refractivity contribution is -0.0769. The van der Waals surface area contributed by atoms with Crippen molar-refractivity contribution in [3.05, 3.63) is 47.3 Å². The van der Waals surface area contributed by atoms with Gasteiger partial charge in [-0.2, -0.15) is 0 Å². The zero-order chi connectivity index (χ0) is 14.6. The largest absolute Gasteiger partial charge is 0.494 e. The molecule has 5 nitrogen and oxygen atoms in total. The third-order valence-corrected chi connectivity index (χ3v) is 5.70. The molecule has 0 fully saturated rings. The molecule has 0 saturated heterocycles. The lowest BCUT2D eigenvalue weighted by Crippen LogP contribution is -2.26. The Kier molecular flexibility index (Phi) is 4.77. The molecule has 0 atom stereocenters. The number of hydroxylamine groups is 1. The fraction of sp³-hybridized carbons (Fsp3) is 0.231. The van der Waals surface area contributed by atoms with Crippen LogP contribution in [-0.4, -0.2) is 27.0 Å². The van der Waals surface area contributed by atoms with Crippen LogP contribution in [-0.2, 0) is 21.5 Å². The fourth-order valence-electron chi connectivity index (χ4n) is 1.55. The molecule has 0 aliphatic rings. The maximum atomic E-state index is 12.3. The predicted octanol–water partition coefficient (Wildman–Crippen LogP) is 2.51. The van der Waals surface area contributed by atoms with Crippen LogP contribution in [0.2, 0.25) is 0 Å². The number of hydrogen-bond donors (Lipinski definition) is 0. The highest BCUT2D eigenvalue weighted by atomic mass is 32.2. The first-order chi connectivity index (χ1) is 9.55. The maximum absolute atomic E-state index is 12.3. The molecule has 2 aromatic rings. The average Bonchev–Trinajstić information content (AvgIpc) is 2.95. The second-order valence-electron chi connectivity index (χ2n) is 3.95. The van der Waals surface area contributed by atoms with Crippen LogP contribution in [0.4, 0.5) is 0 Å². The molecule has 0 aliphatic heterocycles. The van der Waals surface area contributed by atoms with Crippen LogP contribution in [0.1, 0.15) is 5.56 Å². The molecule has 0 aliphatic carbocycles. The summed E-state index contributed by atoms with van der Waals surface area (Å²) < 4.78 is 30.7. The molecule has 0 unspecified atom stereocenters. The lowest BCUT2D eigenvalue weighted by Gasteiger charge is -2.16. The van der Waals surface area contributed by atoms with E-state index in [0.717, 1.165) is 21.4 Å². The van der Waals surface area contributed by atoms with E-state index in [9.17, 15) is 8.42 Å². The predicted molar refractivity (Wildman–Crippen MR) is 77.1 cm³/mol. The topological polar surface area (TPSA) is 55.8 Å². The third-order valence-electron chi connectivity index (χ3n) is 2.64. The Morgan fingerprint density at radius 1 is 1.20 bits per heavy atom. The first kappa shape index (κ1) is 15.0. The van der Waals surface area contributed by atoms with Crippen molar-refractivity contribution >= 4 is 21.4 Å². The van der Waals surface area contributed by atoms with Crippen molar-refractivity contribution in [2.45, 2.75) is 10.8 Å². The molecule has 1 aromatic carbocycles. The van der Waals surface area contributed by atoms with Crippen LogP contribution in [0, 0.1) is 0 Å². The highest BCUT2D eigenvalue weighted by molar-refractivity contribution is 7.91. The maximum Gasteiger partial charge on any atom is 0.277 e. The van der Waals surface area contributed by atoms with Crippen molar-refractivity contribution in [2.75, 3.05) is 14.2 Å². The lowest BCUT2D eigenvalue weighted by atomic mass is 10.2. The van der Waals surface area contributed by atoms with Crippen molar-refractivity contribution in [2.24, 2.45) is 0 Å². The Morgan fingerprint density at radius 2 is 1.90 bits per heavy atom. The summed E-state index contributed by atoms with van der Waals surface area (Å²) in [7, 11) is -0.895. The first-order valence-corrected chi connectivity index (χ1v) is 8.15. The van der Waals surface area contributed by atoms with Gasteiger partial charge in [0.15, 0.2) is 4.21 Å². The minimum atomic E-state index is -3.70. The van der Waals surface area contributed by atoms with E-state index in [4.69, 9.17) is 9.57 Å². The quantitative estimate of drug-likeness (QED) is 0.769. The molecule has 0 radical (unpaired) electrons. The number of sulfonamides is 1. The molecule has 1 aromatic heterocycles. The van der Waals surface area contributed by atoms with Crippen LogP contribution in [0.15, 0.2) is 46.0 Å². The molecule has 1 heterocycles. The van der Waals surface area contributed by atoms with Gasteiger partial charge in [0.25, 0.3) is 10.0 Å². The van der Waals surface area contributed by atoms with Gasteiger partial charge in [-0.05, 0) is 17.0 Å². The normalized spacial score (nSPS) is 11.8. The molecular formula is C13H15NO4S2. The van der Waals surface area contributed by atoms with Crippen LogP contribution in [0.5, 0.6) is 5.75 Å². The van der Waals surface area contributed by atoms with Crippen molar-refractivity contribution in [1.82, 2.24) is 4.47 Å². The van der Waals surface area contributed by atoms with Gasteiger partial charge in [-0.1, -0.05) is 34.8 Å². The summed E-state index contributed by atoms with van der Waals surface area (Å²) in [5.41, 5.74) is 0.896. The average molecular weight is 313 g/mol. The Bertz CT molecular complexity index is 652. The van der Waals surface area contributed by atoms with Crippen molar-refractivity contribution in [3.63, 3.8) is 0 Å². The van der Waals surface area contributed by atoms with E-state index < -0.39 is 10.0 Å². The summed E-state index contributed by atoms with van der Waals surface area (Å²) in [6, 6.07) is 11.0. The first-order valence-electron chi connectivity index (χ1n) is 5.83. The molecule has 20 heavy (non-hydrogen) atoms. The van der Waals surface area contributed by atoms with Gasteiger partial charge in [0, 0.05) is 7.05 Å². The van der Waals surface area contributed by atoms with E-state index in [1.807, 2.05) is 30.3 Å². The standard InChI is InChI=1S/C13H15NO4S2/c1-14(18-10-11-6-4-3-5-7-11)20(15,16)13-12(17-2)8-9-19-13/h3-9H,10H2,1-2H3. The van der Waals surface area contributed by atoms with E-state index in [1.165, 1.54) is 14.2 Å². The smallest absolute Gasteiger partial charge is 0.277 e. The van der Waals surface area contributed by atoms with Gasteiger partial charge < -0.3 is 4.74 Å². The molecule has 0 amide bonds. The van der Waals surface area contributed by atoms with Crippen molar-refractivity contribution in [3.8, 4) is 5.75 Å². The number of rotatable bonds is 6. The van der Waals surface area contributed by atoms with Crippen molar-refractivity contribution in [1.29, 1.82) is 0 Å². The van der Waals surface area contributed by atoms with Gasteiger partial charge in [0.2, 0.25) is 0 Å². The number of thiophene rings is 1. The summed E-state index contributed by atoms with van der Waals surface area (Å²) in [5, 5.41) is 1.66. The molecule has 0 bridgehead atoms. The highest BCUT2D eigenvalue weighted by Crippen LogP contribution is 2.31. The molecule has 0 saturated carbocycles. The summed E-state index contributed by atoms with van der Waals surface area (Å²) >= 11 is 1.10. The summed E-state index contributed by atoms with van der Waals surface area (Å²) in [6.45, 7) is 0.185. The van der Waals surface area contributed by atoms with E-state index in [0.29, 0.717) is 5.75 Å². The van der Waals surface area contributed by atoms with Gasteiger partial charge in [-0.15, -0.1) is 11.3 Å². The Morgan fingerprint density at radius 3 is 2.55 bits per heavy atom. The Labute approximate surface area is 122 Å². The number of methoxy groups -OCH3 is 1. The molecule has 0 N–H and O–H groups in total. The van der Waals surface area contributed by atoms with Crippen LogP contribution < -0.4 is 4.74 Å². The summed E-state index contributed by atoms with van der Waals surface area (Å²) in [5.74, 6) is 0.324. The number of ether oxygens (including phenoxy) is 1. The zero-order valence-electron chi connectivity index (χ0n) is 11.1. The Hall–Kier alpha value is -1.41. The van der Waals surface area contributed by atoms with E-state index >= 15 is 0 Å². The van der Waals surface area contributed by atoms with Crippen LogP contribution >= 0.6 is 11.3 Å². The number of nitrogens with zero attached hydrogens (tertiary/aromatic N) is 1. The second kappa shape index (κ2) is 6.36. The minimum absolute atomic E-state index is 0.135. The summed E-state index contributed by atoms with van der Waals surface area (Å²) in [4.78, 5) is 5.31. The zero-order valence-corrected chi connectivity index (χ0v) is 12.8. The minimum Gasteiger partial charge on any atom is -0.494 e. The molecule has 2 rings (SSSR count). The van der Waals surface area contributed by atoms with Gasteiger partial charge in [0.1, 0.15) is 5.75 Å². The third kappa shape index (κ3) is 3.18. The Balaban J connectivity index is 2.10. The van der Waals surface area contributed by atoms with E-state index in [1.54, 1.807) is 11.4 Å². The molecule has 7 heteroatoms. The molecular weight excluding hydrogens is 298 g/mol. The van der Waals surface area contributed by atoms with Crippen LogP contribution in [0.3, 0.4) is 0 Å².